The lowest BCUT2D eigenvalue weighted by Crippen LogP contribution is -2.40. The Morgan fingerprint density at radius 2 is 2.25 bits per heavy atom. The largest absolute Gasteiger partial charge is 0.455 e. The molecule has 0 spiro atoms. The highest BCUT2D eigenvalue weighted by atomic mass is 16.6. The minimum atomic E-state index is -0.194. The lowest BCUT2D eigenvalue weighted by molar-refractivity contribution is -0.162. The van der Waals surface area contributed by atoms with Gasteiger partial charge in [-0.15, -0.1) is 0 Å². The molecule has 2 fully saturated rings. The fourth-order valence-corrected chi connectivity index (χ4v) is 3.57. The van der Waals surface area contributed by atoms with Gasteiger partial charge in [0.05, 0.1) is 0 Å². The molecule has 2 bridgehead atoms. The third-order valence-electron chi connectivity index (χ3n) is 4.24. The van der Waals surface area contributed by atoms with Gasteiger partial charge >= 0.3 is 5.97 Å². The van der Waals surface area contributed by atoms with E-state index in [2.05, 4.69) is 13.5 Å². The summed E-state index contributed by atoms with van der Waals surface area (Å²) in [5, 5.41) is 0. The zero-order valence-corrected chi connectivity index (χ0v) is 10.4. The predicted molar refractivity (Wildman–Crippen MR) is 64.0 cm³/mol. The van der Waals surface area contributed by atoms with Gasteiger partial charge in [0.2, 0.25) is 0 Å². The van der Waals surface area contributed by atoms with Crippen molar-refractivity contribution in [3.63, 3.8) is 0 Å². The maximum atomic E-state index is 11.7. The van der Waals surface area contributed by atoms with Crippen molar-refractivity contribution in [3.8, 4) is 0 Å². The summed E-state index contributed by atoms with van der Waals surface area (Å²) in [4.78, 5) is 11.7. The van der Waals surface area contributed by atoms with Crippen LogP contribution in [0.3, 0.4) is 0 Å². The molecule has 0 heterocycles. The second-order valence-electron chi connectivity index (χ2n) is 5.56. The van der Waals surface area contributed by atoms with E-state index in [0.717, 1.165) is 25.2 Å². The number of ether oxygens (including phenoxy) is 1. The summed E-state index contributed by atoms with van der Waals surface area (Å²) in [5.74, 6) is 1.22. The molecule has 0 aliphatic heterocycles. The molecule has 0 aromatic heterocycles. The third kappa shape index (κ3) is 1.90. The Morgan fingerprint density at radius 1 is 1.50 bits per heavy atom. The van der Waals surface area contributed by atoms with Crippen molar-refractivity contribution in [1.29, 1.82) is 0 Å². The van der Waals surface area contributed by atoms with Gasteiger partial charge in [-0.3, -0.25) is 0 Å². The summed E-state index contributed by atoms with van der Waals surface area (Å²) >= 11 is 0. The van der Waals surface area contributed by atoms with Crippen LogP contribution in [0.1, 0.15) is 52.4 Å². The minimum Gasteiger partial charge on any atom is -0.455 e. The van der Waals surface area contributed by atoms with Crippen molar-refractivity contribution >= 4 is 5.97 Å². The Kier molecular flexibility index (Phi) is 3.09. The van der Waals surface area contributed by atoms with Crippen LogP contribution >= 0.6 is 0 Å². The zero-order chi connectivity index (χ0) is 11.8. The van der Waals surface area contributed by atoms with Crippen LogP contribution in [0.2, 0.25) is 0 Å². The predicted octanol–water partition coefficient (Wildman–Crippen LogP) is 3.46. The van der Waals surface area contributed by atoms with E-state index in [1.807, 2.05) is 0 Å². The lowest BCUT2D eigenvalue weighted by Gasteiger charge is -2.37. The smallest absolute Gasteiger partial charge is 0.333 e. The van der Waals surface area contributed by atoms with E-state index < -0.39 is 0 Å². The Bertz CT molecular complexity index is 308. The van der Waals surface area contributed by atoms with Crippen molar-refractivity contribution in [3.05, 3.63) is 12.2 Å². The Labute approximate surface area is 98.1 Å². The van der Waals surface area contributed by atoms with Gasteiger partial charge in [-0.25, -0.2) is 4.79 Å². The monoisotopic (exact) mass is 222 g/mol. The van der Waals surface area contributed by atoms with Gasteiger partial charge < -0.3 is 4.74 Å². The van der Waals surface area contributed by atoms with E-state index in [9.17, 15) is 4.79 Å². The standard InChI is InChI=1S/C14H22O2/c1-4-7-14(16-13(15)10(2)3)9-11-5-6-12(14)8-11/h11-12H,2,4-9H2,1,3H3. The molecule has 2 aliphatic rings. The normalized spacial score (nSPS) is 36.4. The quantitative estimate of drug-likeness (QED) is 0.538. The molecular formula is C14H22O2. The molecule has 0 saturated heterocycles. The second-order valence-corrected chi connectivity index (χ2v) is 5.56. The molecule has 0 aromatic rings. The second kappa shape index (κ2) is 4.23. The van der Waals surface area contributed by atoms with Crippen molar-refractivity contribution in [2.24, 2.45) is 11.8 Å². The van der Waals surface area contributed by atoms with Crippen LogP contribution in [0.15, 0.2) is 12.2 Å². The van der Waals surface area contributed by atoms with Gasteiger partial charge in [-0.05, 0) is 50.9 Å². The number of carbonyl (C=O) groups is 1. The van der Waals surface area contributed by atoms with Gasteiger partial charge in [0, 0.05) is 5.57 Å². The number of carbonyl (C=O) groups excluding carboxylic acids is 1. The average Bonchev–Trinajstić information content (AvgIpc) is 2.77. The zero-order valence-electron chi connectivity index (χ0n) is 10.4. The number of esters is 1. The highest BCUT2D eigenvalue weighted by molar-refractivity contribution is 5.87. The summed E-state index contributed by atoms with van der Waals surface area (Å²) < 4.78 is 5.80. The van der Waals surface area contributed by atoms with E-state index in [0.29, 0.717) is 11.5 Å². The first-order valence-corrected chi connectivity index (χ1v) is 6.46. The minimum absolute atomic E-state index is 0.145. The first kappa shape index (κ1) is 11.7. The molecule has 2 rings (SSSR count). The summed E-state index contributed by atoms with van der Waals surface area (Å²) in [5.41, 5.74) is 0.381. The van der Waals surface area contributed by atoms with Gasteiger partial charge in [0.15, 0.2) is 0 Å². The van der Waals surface area contributed by atoms with Crippen LogP contribution in [0.5, 0.6) is 0 Å². The van der Waals surface area contributed by atoms with Crippen LogP contribution in [-0.2, 0) is 9.53 Å². The molecule has 0 radical (unpaired) electrons. The maximum absolute atomic E-state index is 11.7. The summed E-state index contributed by atoms with van der Waals surface area (Å²) in [6.07, 6.45) is 7.04. The molecule has 3 atom stereocenters. The van der Waals surface area contributed by atoms with Crippen molar-refractivity contribution in [2.45, 2.75) is 58.0 Å². The summed E-state index contributed by atoms with van der Waals surface area (Å²) in [6, 6.07) is 0. The van der Waals surface area contributed by atoms with Crippen LogP contribution in [0.4, 0.5) is 0 Å². The molecule has 0 aromatic carbocycles. The van der Waals surface area contributed by atoms with Crippen LogP contribution in [-0.4, -0.2) is 11.6 Å². The van der Waals surface area contributed by atoms with Crippen molar-refractivity contribution < 1.29 is 9.53 Å². The molecule has 0 amide bonds. The summed E-state index contributed by atoms with van der Waals surface area (Å²) in [7, 11) is 0. The molecular weight excluding hydrogens is 200 g/mol. The molecule has 16 heavy (non-hydrogen) atoms. The maximum Gasteiger partial charge on any atom is 0.333 e. The molecule has 2 saturated carbocycles. The Morgan fingerprint density at radius 3 is 2.69 bits per heavy atom. The summed E-state index contributed by atoms with van der Waals surface area (Å²) in [6.45, 7) is 7.58. The van der Waals surface area contributed by atoms with E-state index in [1.165, 1.54) is 19.3 Å². The molecule has 2 aliphatic carbocycles. The number of fused-ring (bicyclic) bond motifs is 2. The number of rotatable bonds is 4. The topological polar surface area (TPSA) is 26.3 Å². The lowest BCUT2D eigenvalue weighted by atomic mass is 9.80. The molecule has 90 valence electrons. The molecule has 2 heteroatoms. The first-order chi connectivity index (χ1) is 7.57. The van der Waals surface area contributed by atoms with Gasteiger partial charge in [-0.1, -0.05) is 19.9 Å². The van der Waals surface area contributed by atoms with E-state index in [-0.39, 0.29) is 11.6 Å². The molecule has 0 N–H and O–H groups in total. The van der Waals surface area contributed by atoms with Crippen molar-refractivity contribution in [1.82, 2.24) is 0 Å². The Balaban J connectivity index is 2.11. The van der Waals surface area contributed by atoms with Gasteiger partial charge in [-0.2, -0.15) is 0 Å². The van der Waals surface area contributed by atoms with E-state index in [1.54, 1.807) is 6.92 Å². The fraction of sp³-hybridized carbons (Fsp3) is 0.786. The highest BCUT2D eigenvalue weighted by Gasteiger charge is 2.52. The fourth-order valence-electron chi connectivity index (χ4n) is 3.57. The average molecular weight is 222 g/mol. The molecule has 3 unspecified atom stereocenters. The number of hydrogen-bond acceptors (Lipinski definition) is 2. The molecule has 2 nitrogen and oxygen atoms in total. The van der Waals surface area contributed by atoms with Crippen LogP contribution < -0.4 is 0 Å². The highest BCUT2D eigenvalue weighted by Crippen LogP contribution is 2.54. The van der Waals surface area contributed by atoms with Gasteiger partial charge in [0.25, 0.3) is 0 Å². The van der Waals surface area contributed by atoms with E-state index >= 15 is 0 Å². The van der Waals surface area contributed by atoms with Gasteiger partial charge in [0.1, 0.15) is 5.60 Å². The SMILES string of the molecule is C=C(C)C(=O)OC1(CCC)CC2CCC1C2. The first-order valence-electron chi connectivity index (χ1n) is 6.46. The third-order valence-corrected chi connectivity index (χ3v) is 4.24. The van der Waals surface area contributed by atoms with E-state index in [4.69, 9.17) is 4.74 Å². The Hall–Kier alpha value is -0.790. The van der Waals surface area contributed by atoms with Crippen molar-refractivity contribution in [2.75, 3.05) is 0 Å². The number of hydrogen-bond donors (Lipinski definition) is 0. The van der Waals surface area contributed by atoms with Crippen LogP contribution in [0.25, 0.3) is 0 Å². The van der Waals surface area contributed by atoms with Crippen LogP contribution in [0, 0.1) is 11.8 Å².